The fourth-order valence-electron chi connectivity index (χ4n) is 4.70. The number of piperazine rings is 1. The van der Waals surface area contributed by atoms with Crippen LogP contribution in [0.5, 0.6) is 0 Å². The van der Waals surface area contributed by atoms with Gasteiger partial charge in [0.25, 0.3) is 0 Å². The van der Waals surface area contributed by atoms with Crippen molar-refractivity contribution in [2.24, 2.45) is 0 Å². The van der Waals surface area contributed by atoms with Gasteiger partial charge >= 0.3 is 6.03 Å². The van der Waals surface area contributed by atoms with Crippen molar-refractivity contribution in [3.8, 4) is 0 Å². The number of benzene rings is 1. The number of sulfonamides is 1. The average Bonchev–Trinajstić information content (AvgIpc) is 3.15. The maximum atomic E-state index is 13.1. The largest absolute Gasteiger partial charge is 0.322 e. The van der Waals surface area contributed by atoms with Crippen molar-refractivity contribution in [3.05, 3.63) is 24.3 Å². The summed E-state index contributed by atoms with van der Waals surface area (Å²) < 4.78 is 27.8. The Kier molecular flexibility index (Phi) is 5.62. The van der Waals surface area contributed by atoms with E-state index in [1.807, 2.05) is 4.90 Å². The number of amides is 2. The molecule has 2 atom stereocenters. The lowest BCUT2D eigenvalue weighted by Crippen LogP contribution is -2.57. The molecule has 0 radical (unpaired) electrons. The molecule has 154 valence electrons. The number of carbonyl (C=O) groups excluding carboxylic acids is 1. The van der Waals surface area contributed by atoms with Gasteiger partial charge in [-0.05, 0) is 51.3 Å². The van der Waals surface area contributed by atoms with Crippen LogP contribution in [0.4, 0.5) is 10.5 Å². The van der Waals surface area contributed by atoms with E-state index in [0.717, 1.165) is 38.8 Å². The zero-order valence-corrected chi connectivity index (χ0v) is 17.3. The minimum absolute atomic E-state index is 0.111. The van der Waals surface area contributed by atoms with Gasteiger partial charge in [0.05, 0.1) is 5.69 Å². The molecule has 3 aliphatic heterocycles. The molecule has 0 unspecified atom stereocenters. The third kappa shape index (κ3) is 3.77. The lowest BCUT2D eigenvalue weighted by Gasteiger charge is -2.42. The third-order valence-electron chi connectivity index (χ3n) is 6.26. The molecule has 3 saturated heterocycles. The molecule has 3 fully saturated rings. The normalized spacial score (nSPS) is 26.8. The predicted molar refractivity (Wildman–Crippen MR) is 109 cm³/mol. The van der Waals surface area contributed by atoms with E-state index in [-0.39, 0.29) is 17.0 Å². The van der Waals surface area contributed by atoms with Gasteiger partial charge in [0, 0.05) is 38.3 Å². The van der Waals surface area contributed by atoms with Crippen LogP contribution in [0, 0.1) is 0 Å². The number of urea groups is 1. The Bertz CT molecular complexity index is 822. The number of fused-ring (bicyclic) bond motifs is 1. The Labute approximate surface area is 167 Å². The summed E-state index contributed by atoms with van der Waals surface area (Å²) in [5, 5.41) is 2.90. The van der Waals surface area contributed by atoms with Crippen LogP contribution in [0.15, 0.2) is 29.2 Å². The summed E-state index contributed by atoms with van der Waals surface area (Å²) in [4.78, 5) is 17.5. The van der Waals surface area contributed by atoms with Crippen molar-refractivity contribution in [2.45, 2.75) is 56.0 Å². The molecule has 0 aliphatic carbocycles. The first-order valence-corrected chi connectivity index (χ1v) is 11.8. The molecule has 28 heavy (non-hydrogen) atoms. The molecule has 3 heterocycles. The highest BCUT2D eigenvalue weighted by Gasteiger charge is 2.37. The topological polar surface area (TPSA) is 73.0 Å². The molecule has 1 N–H and O–H groups in total. The van der Waals surface area contributed by atoms with Crippen LogP contribution in [0.2, 0.25) is 0 Å². The minimum atomic E-state index is -3.60. The molecule has 8 heteroatoms. The van der Waals surface area contributed by atoms with Gasteiger partial charge in [-0.15, -0.1) is 0 Å². The Hall–Kier alpha value is -1.64. The maximum absolute atomic E-state index is 13.1. The number of hydrogen-bond acceptors (Lipinski definition) is 4. The Morgan fingerprint density at radius 3 is 2.57 bits per heavy atom. The molecule has 1 aromatic rings. The monoisotopic (exact) mass is 406 g/mol. The fourth-order valence-corrected chi connectivity index (χ4v) is 6.36. The summed E-state index contributed by atoms with van der Waals surface area (Å²) in [6, 6.07) is 7.09. The number of hydrogen-bond donors (Lipinski definition) is 1. The highest BCUT2D eigenvalue weighted by atomic mass is 32.2. The molecule has 0 aromatic heterocycles. The summed E-state index contributed by atoms with van der Waals surface area (Å²) in [6.45, 7) is 5.85. The van der Waals surface area contributed by atoms with E-state index in [4.69, 9.17) is 0 Å². The second kappa shape index (κ2) is 8.00. The number of piperidine rings is 1. The van der Waals surface area contributed by atoms with Gasteiger partial charge in [0.2, 0.25) is 10.0 Å². The lowest BCUT2D eigenvalue weighted by atomic mass is 10.1. The Balaban J connectivity index is 1.53. The fraction of sp³-hybridized carbons (Fsp3) is 0.650. The van der Waals surface area contributed by atoms with E-state index >= 15 is 0 Å². The quantitative estimate of drug-likeness (QED) is 0.837. The van der Waals surface area contributed by atoms with Gasteiger partial charge in [0.1, 0.15) is 4.90 Å². The highest BCUT2D eigenvalue weighted by Crippen LogP contribution is 2.29. The number of nitrogens with zero attached hydrogens (tertiary/aromatic N) is 3. The number of nitrogens with one attached hydrogen (secondary N) is 1. The second-order valence-corrected chi connectivity index (χ2v) is 10.1. The average molecular weight is 407 g/mol. The van der Waals surface area contributed by atoms with Crippen LogP contribution in [-0.2, 0) is 10.0 Å². The van der Waals surface area contributed by atoms with Crippen LogP contribution < -0.4 is 5.32 Å². The summed E-state index contributed by atoms with van der Waals surface area (Å²) in [7, 11) is -3.60. The number of para-hydroxylation sites is 1. The number of carbonyl (C=O) groups is 1. The van der Waals surface area contributed by atoms with E-state index < -0.39 is 10.0 Å². The standard InChI is InChI=1S/C20H30N4O3S/c1-16-14-22-11-7-8-17(22)15-24(16)20(25)21-18-9-3-4-10-19(18)28(26,27)23-12-5-2-6-13-23/h3-4,9-10,16-17H,2,5-8,11-15H2,1H3,(H,21,25)/t16-,17-/m1/s1. The van der Waals surface area contributed by atoms with Gasteiger partial charge in [-0.2, -0.15) is 4.31 Å². The second-order valence-electron chi connectivity index (χ2n) is 8.18. The molecule has 3 aliphatic rings. The third-order valence-corrected chi connectivity index (χ3v) is 8.22. The first-order valence-electron chi connectivity index (χ1n) is 10.4. The Morgan fingerprint density at radius 2 is 1.79 bits per heavy atom. The maximum Gasteiger partial charge on any atom is 0.322 e. The predicted octanol–water partition coefficient (Wildman–Crippen LogP) is 2.56. The molecule has 4 rings (SSSR count). The van der Waals surface area contributed by atoms with Crippen LogP contribution in [-0.4, -0.2) is 73.4 Å². The number of anilines is 1. The smallest absolute Gasteiger partial charge is 0.319 e. The van der Waals surface area contributed by atoms with E-state index in [2.05, 4.69) is 17.1 Å². The first kappa shape index (κ1) is 19.7. The van der Waals surface area contributed by atoms with E-state index in [1.165, 1.54) is 6.42 Å². The van der Waals surface area contributed by atoms with Crippen molar-refractivity contribution in [1.29, 1.82) is 0 Å². The SMILES string of the molecule is C[C@@H]1CN2CCC[C@@H]2CN1C(=O)Nc1ccccc1S(=O)(=O)N1CCCCC1. The summed E-state index contributed by atoms with van der Waals surface area (Å²) in [5.74, 6) is 0. The Morgan fingerprint density at radius 1 is 1.04 bits per heavy atom. The summed E-state index contributed by atoms with van der Waals surface area (Å²) in [6.07, 6.45) is 5.14. The molecule has 0 spiro atoms. The van der Waals surface area contributed by atoms with Crippen molar-refractivity contribution < 1.29 is 13.2 Å². The van der Waals surface area contributed by atoms with Crippen LogP contribution >= 0.6 is 0 Å². The molecule has 0 bridgehead atoms. The zero-order chi connectivity index (χ0) is 19.7. The summed E-state index contributed by atoms with van der Waals surface area (Å²) in [5.41, 5.74) is 0.374. The van der Waals surface area contributed by atoms with Gasteiger partial charge in [0.15, 0.2) is 0 Å². The van der Waals surface area contributed by atoms with E-state index in [9.17, 15) is 13.2 Å². The van der Waals surface area contributed by atoms with Crippen molar-refractivity contribution in [3.63, 3.8) is 0 Å². The molecule has 7 nitrogen and oxygen atoms in total. The lowest BCUT2D eigenvalue weighted by molar-refractivity contribution is 0.0861. The first-order chi connectivity index (χ1) is 13.5. The van der Waals surface area contributed by atoms with Crippen molar-refractivity contribution >= 4 is 21.7 Å². The highest BCUT2D eigenvalue weighted by molar-refractivity contribution is 7.89. The van der Waals surface area contributed by atoms with Gasteiger partial charge < -0.3 is 10.2 Å². The van der Waals surface area contributed by atoms with Crippen LogP contribution in [0.3, 0.4) is 0 Å². The van der Waals surface area contributed by atoms with Crippen molar-refractivity contribution in [2.75, 3.05) is 38.0 Å². The van der Waals surface area contributed by atoms with Crippen LogP contribution in [0.25, 0.3) is 0 Å². The molecule has 2 amide bonds. The van der Waals surface area contributed by atoms with Gasteiger partial charge in [-0.3, -0.25) is 4.90 Å². The zero-order valence-electron chi connectivity index (χ0n) is 16.5. The number of rotatable bonds is 3. The van der Waals surface area contributed by atoms with Gasteiger partial charge in [-0.1, -0.05) is 18.6 Å². The van der Waals surface area contributed by atoms with E-state index in [0.29, 0.717) is 31.4 Å². The molecular weight excluding hydrogens is 376 g/mol. The molecular formula is C20H30N4O3S. The van der Waals surface area contributed by atoms with Crippen LogP contribution in [0.1, 0.15) is 39.0 Å². The minimum Gasteiger partial charge on any atom is -0.319 e. The summed E-state index contributed by atoms with van der Waals surface area (Å²) >= 11 is 0. The molecule has 0 saturated carbocycles. The van der Waals surface area contributed by atoms with Crippen molar-refractivity contribution in [1.82, 2.24) is 14.1 Å². The van der Waals surface area contributed by atoms with Gasteiger partial charge in [-0.25, -0.2) is 13.2 Å². The molecule has 1 aromatic carbocycles. The van der Waals surface area contributed by atoms with E-state index in [1.54, 1.807) is 28.6 Å².